The fourth-order valence-corrected chi connectivity index (χ4v) is 3.22. The molecule has 1 aliphatic rings. The largest absolute Gasteiger partial charge is 0.316 e. The first kappa shape index (κ1) is 11.5. The standard InChI is InChI=1S/C12H16BrNS/c13-10-4-6-11(7-5-10)15-12-3-1-2-8-14-9-12/h4-7,12,14H,1-3,8-9H2. The van der Waals surface area contributed by atoms with E-state index in [1.54, 1.807) is 0 Å². The second kappa shape index (κ2) is 5.92. The van der Waals surface area contributed by atoms with E-state index in [1.165, 1.54) is 30.7 Å². The van der Waals surface area contributed by atoms with E-state index in [2.05, 4.69) is 45.5 Å². The Kier molecular flexibility index (Phi) is 4.54. The predicted molar refractivity (Wildman–Crippen MR) is 70.5 cm³/mol. The highest BCUT2D eigenvalue weighted by molar-refractivity contribution is 9.10. The van der Waals surface area contributed by atoms with Crippen molar-refractivity contribution >= 4 is 27.7 Å². The van der Waals surface area contributed by atoms with E-state index in [-0.39, 0.29) is 0 Å². The second-order valence-electron chi connectivity index (χ2n) is 3.89. The summed E-state index contributed by atoms with van der Waals surface area (Å²) in [6.45, 7) is 2.35. The SMILES string of the molecule is Brc1ccc(SC2CCCCNC2)cc1. The van der Waals surface area contributed by atoms with Gasteiger partial charge in [0.1, 0.15) is 0 Å². The number of thioether (sulfide) groups is 1. The molecule has 2 rings (SSSR count). The predicted octanol–water partition coefficient (Wildman–Crippen LogP) is 3.68. The van der Waals surface area contributed by atoms with Crippen LogP contribution in [0, 0.1) is 0 Å². The maximum absolute atomic E-state index is 3.50. The van der Waals surface area contributed by atoms with E-state index in [4.69, 9.17) is 0 Å². The third-order valence-corrected chi connectivity index (χ3v) is 4.43. The number of benzene rings is 1. The summed E-state index contributed by atoms with van der Waals surface area (Å²) < 4.78 is 1.16. The number of nitrogens with one attached hydrogen (secondary N) is 1. The van der Waals surface area contributed by atoms with Crippen molar-refractivity contribution in [3.63, 3.8) is 0 Å². The Balaban J connectivity index is 1.92. The van der Waals surface area contributed by atoms with E-state index >= 15 is 0 Å². The van der Waals surface area contributed by atoms with Gasteiger partial charge in [-0.25, -0.2) is 0 Å². The average molecular weight is 286 g/mol. The summed E-state index contributed by atoms with van der Waals surface area (Å²) in [5.41, 5.74) is 0. The van der Waals surface area contributed by atoms with Gasteiger partial charge in [0.15, 0.2) is 0 Å². The summed E-state index contributed by atoms with van der Waals surface area (Å²) in [4.78, 5) is 1.38. The van der Waals surface area contributed by atoms with Crippen LogP contribution in [0.1, 0.15) is 19.3 Å². The fraction of sp³-hybridized carbons (Fsp3) is 0.500. The van der Waals surface area contributed by atoms with Gasteiger partial charge in [0.05, 0.1) is 0 Å². The third-order valence-electron chi connectivity index (χ3n) is 2.62. The molecule has 1 fully saturated rings. The van der Waals surface area contributed by atoms with Gasteiger partial charge in [-0.3, -0.25) is 0 Å². The molecule has 1 atom stereocenters. The first-order valence-corrected chi connectivity index (χ1v) is 7.15. The molecule has 0 aromatic heterocycles. The van der Waals surface area contributed by atoms with E-state index in [1.807, 2.05) is 11.8 Å². The Morgan fingerprint density at radius 2 is 2.00 bits per heavy atom. The normalized spacial score (nSPS) is 22.3. The number of rotatable bonds is 2. The van der Waals surface area contributed by atoms with E-state index < -0.39 is 0 Å². The highest BCUT2D eigenvalue weighted by atomic mass is 79.9. The lowest BCUT2D eigenvalue weighted by atomic mass is 10.2. The topological polar surface area (TPSA) is 12.0 Å². The van der Waals surface area contributed by atoms with Crippen molar-refractivity contribution in [1.29, 1.82) is 0 Å². The van der Waals surface area contributed by atoms with Crippen LogP contribution in [0.25, 0.3) is 0 Å². The van der Waals surface area contributed by atoms with E-state index in [0.29, 0.717) is 0 Å². The summed E-state index contributed by atoms with van der Waals surface area (Å²) in [5.74, 6) is 0. The van der Waals surface area contributed by atoms with Crippen LogP contribution in [-0.4, -0.2) is 18.3 Å². The quantitative estimate of drug-likeness (QED) is 0.890. The molecule has 1 nitrogen and oxygen atoms in total. The number of hydrogen-bond acceptors (Lipinski definition) is 2. The molecular formula is C12H16BrNS. The zero-order chi connectivity index (χ0) is 10.5. The Hall–Kier alpha value is 0.01000. The van der Waals surface area contributed by atoms with Crippen LogP contribution >= 0.6 is 27.7 Å². The second-order valence-corrected chi connectivity index (χ2v) is 6.18. The summed E-state index contributed by atoms with van der Waals surface area (Å²) in [7, 11) is 0. The molecule has 0 bridgehead atoms. The van der Waals surface area contributed by atoms with Gasteiger partial charge in [0, 0.05) is 21.2 Å². The molecule has 3 heteroatoms. The maximum atomic E-state index is 3.50. The lowest BCUT2D eigenvalue weighted by molar-refractivity contribution is 0.706. The molecule has 1 N–H and O–H groups in total. The van der Waals surface area contributed by atoms with Gasteiger partial charge in [0.25, 0.3) is 0 Å². The van der Waals surface area contributed by atoms with Gasteiger partial charge in [-0.05, 0) is 43.7 Å². The van der Waals surface area contributed by atoms with Crippen LogP contribution < -0.4 is 5.32 Å². The van der Waals surface area contributed by atoms with Gasteiger partial charge in [-0.2, -0.15) is 0 Å². The van der Waals surface area contributed by atoms with Crippen molar-refractivity contribution in [2.75, 3.05) is 13.1 Å². The fourth-order valence-electron chi connectivity index (χ4n) is 1.79. The van der Waals surface area contributed by atoms with E-state index in [0.717, 1.165) is 16.3 Å². The zero-order valence-corrected chi connectivity index (χ0v) is 11.1. The summed E-state index contributed by atoms with van der Waals surface area (Å²) in [6, 6.07) is 8.62. The van der Waals surface area contributed by atoms with Crippen LogP contribution in [0.15, 0.2) is 33.6 Å². The van der Waals surface area contributed by atoms with E-state index in [9.17, 15) is 0 Å². The van der Waals surface area contributed by atoms with Crippen LogP contribution in [0.4, 0.5) is 0 Å². The molecule has 1 unspecified atom stereocenters. The summed E-state index contributed by atoms with van der Waals surface area (Å²) in [6.07, 6.45) is 4.03. The van der Waals surface area contributed by atoms with Crippen molar-refractivity contribution in [1.82, 2.24) is 5.32 Å². The molecule has 1 aliphatic heterocycles. The molecule has 15 heavy (non-hydrogen) atoms. The van der Waals surface area contributed by atoms with Gasteiger partial charge >= 0.3 is 0 Å². The van der Waals surface area contributed by atoms with Crippen molar-refractivity contribution in [2.24, 2.45) is 0 Å². The molecule has 1 saturated heterocycles. The Labute approximate surface area is 104 Å². The van der Waals surface area contributed by atoms with Crippen molar-refractivity contribution in [3.05, 3.63) is 28.7 Å². The Morgan fingerprint density at radius 1 is 1.20 bits per heavy atom. The maximum Gasteiger partial charge on any atom is 0.0219 e. The van der Waals surface area contributed by atoms with Crippen LogP contribution in [0.3, 0.4) is 0 Å². The minimum atomic E-state index is 0.744. The number of hydrogen-bond donors (Lipinski definition) is 1. The minimum Gasteiger partial charge on any atom is -0.316 e. The first-order valence-electron chi connectivity index (χ1n) is 5.47. The van der Waals surface area contributed by atoms with Crippen LogP contribution in [0.5, 0.6) is 0 Å². The smallest absolute Gasteiger partial charge is 0.0219 e. The Bertz CT molecular complexity index is 291. The number of halogens is 1. The first-order chi connectivity index (χ1) is 7.34. The summed E-state index contributed by atoms with van der Waals surface area (Å²) >= 11 is 5.46. The molecule has 1 aromatic carbocycles. The zero-order valence-electron chi connectivity index (χ0n) is 8.71. The van der Waals surface area contributed by atoms with Crippen molar-refractivity contribution < 1.29 is 0 Å². The highest BCUT2D eigenvalue weighted by Crippen LogP contribution is 2.28. The molecule has 1 heterocycles. The van der Waals surface area contributed by atoms with Gasteiger partial charge in [-0.15, -0.1) is 11.8 Å². The molecule has 0 radical (unpaired) electrons. The summed E-state index contributed by atoms with van der Waals surface area (Å²) in [5, 5.41) is 4.24. The lowest BCUT2D eigenvalue weighted by Crippen LogP contribution is -2.22. The van der Waals surface area contributed by atoms with Crippen molar-refractivity contribution in [2.45, 2.75) is 29.4 Å². The molecule has 82 valence electrons. The van der Waals surface area contributed by atoms with Crippen LogP contribution in [0.2, 0.25) is 0 Å². The third kappa shape index (κ3) is 3.82. The molecular weight excluding hydrogens is 270 g/mol. The van der Waals surface area contributed by atoms with Gasteiger partial charge in [-0.1, -0.05) is 22.4 Å². The molecule has 0 aliphatic carbocycles. The molecule has 0 amide bonds. The molecule has 1 aromatic rings. The van der Waals surface area contributed by atoms with Crippen molar-refractivity contribution in [3.8, 4) is 0 Å². The molecule has 0 saturated carbocycles. The lowest BCUT2D eigenvalue weighted by Gasteiger charge is -2.13. The van der Waals surface area contributed by atoms with Crippen LogP contribution in [-0.2, 0) is 0 Å². The highest BCUT2D eigenvalue weighted by Gasteiger charge is 2.12. The van der Waals surface area contributed by atoms with Gasteiger partial charge in [0.2, 0.25) is 0 Å². The average Bonchev–Trinajstić information content (AvgIpc) is 2.50. The molecule has 0 spiro atoms. The Morgan fingerprint density at radius 3 is 2.80 bits per heavy atom. The minimum absolute atomic E-state index is 0.744. The van der Waals surface area contributed by atoms with Gasteiger partial charge < -0.3 is 5.32 Å². The monoisotopic (exact) mass is 285 g/mol.